The van der Waals surface area contributed by atoms with Gasteiger partial charge in [-0.3, -0.25) is 10.1 Å². The Balaban J connectivity index is 2.22. The summed E-state index contributed by atoms with van der Waals surface area (Å²) in [5.41, 5.74) is 6.64. The number of aromatic nitrogens is 4. The van der Waals surface area contributed by atoms with Gasteiger partial charge in [-0.25, -0.2) is 0 Å². The molecule has 0 aromatic carbocycles. The summed E-state index contributed by atoms with van der Waals surface area (Å²) in [6.45, 7) is 2.04. The van der Waals surface area contributed by atoms with Gasteiger partial charge in [0.05, 0.1) is 9.58 Å². The van der Waals surface area contributed by atoms with Gasteiger partial charge >= 0.3 is 0 Å². The number of rotatable bonds is 1. The van der Waals surface area contributed by atoms with Crippen molar-refractivity contribution in [1.29, 1.82) is 0 Å². The van der Waals surface area contributed by atoms with E-state index >= 15 is 0 Å². The molecule has 0 atom stereocenters. The van der Waals surface area contributed by atoms with E-state index in [9.17, 15) is 0 Å². The molecule has 3 aromatic rings. The number of anilines is 1. The molecule has 3 aromatic heterocycles. The lowest BCUT2D eigenvalue weighted by atomic mass is 10.2. The van der Waals surface area contributed by atoms with Gasteiger partial charge in [-0.1, -0.05) is 0 Å². The highest BCUT2D eigenvalue weighted by molar-refractivity contribution is 7.22. The first kappa shape index (κ1) is 9.29. The van der Waals surface area contributed by atoms with E-state index in [2.05, 4.69) is 26.2 Å². The number of aryl methyl sites for hydroxylation is 1. The van der Waals surface area contributed by atoms with E-state index in [1.165, 1.54) is 5.39 Å². The van der Waals surface area contributed by atoms with Crippen LogP contribution in [0.2, 0.25) is 0 Å². The molecule has 0 amide bonds. The van der Waals surface area contributed by atoms with Gasteiger partial charge in [0.2, 0.25) is 5.95 Å². The smallest absolute Gasteiger partial charge is 0.239 e. The predicted molar refractivity (Wildman–Crippen MR) is 64.1 cm³/mol. The van der Waals surface area contributed by atoms with Crippen LogP contribution >= 0.6 is 11.3 Å². The average Bonchev–Trinajstić information content (AvgIpc) is 2.84. The fourth-order valence-electron chi connectivity index (χ4n) is 1.60. The molecule has 3 heterocycles. The van der Waals surface area contributed by atoms with Gasteiger partial charge in [0.1, 0.15) is 0 Å². The molecule has 0 aliphatic carbocycles. The third kappa shape index (κ3) is 1.35. The Morgan fingerprint density at radius 1 is 1.38 bits per heavy atom. The lowest BCUT2D eigenvalue weighted by molar-refractivity contribution is 1.11. The van der Waals surface area contributed by atoms with Crippen LogP contribution in [0.15, 0.2) is 18.5 Å². The van der Waals surface area contributed by atoms with Gasteiger partial charge in [0.15, 0.2) is 5.82 Å². The predicted octanol–water partition coefficient (Wildman–Crippen LogP) is 1.97. The highest BCUT2D eigenvalue weighted by atomic mass is 32.1. The van der Waals surface area contributed by atoms with Crippen LogP contribution in [0.3, 0.4) is 0 Å². The minimum atomic E-state index is 0.266. The van der Waals surface area contributed by atoms with Gasteiger partial charge in [0, 0.05) is 12.4 Å². The molecule has 3 N–H and O–H groups in total. The zero-order chi connectivity index (χ0) is 11.1. The van der Waals surface area contributed by atoms with E-state index in [0.29, 0.717) is 5.82 Å². The molecule has 0 fully saturated rings. The summed E-state index contributed by atoms with van der Waals surface area (Å²) in [5.74, 6) is 0.973. The van der Waals surface area contributed by atoms with E-state index in [1.54, 1.807) is 11.3 Å². The molecule has 0 radical (unpaired) electrons. The zero-order valence-electron chi connectivity index (χ0n) is 8.56. The molecule has 0 spiro atoms. The Labute approximate surface area is 95.4 Å². The summed E-state index contributed by atoms with van der Waals surface area (Å²) in [7, 11) is 0. The molecule has 16 heavy (non-hydrogen) atoms. The first-order chi connectivity index (χ1) is 7.74. The maximum Gasteiger partial charge on any atom is 0.239 e. The van der Waals surface area contributed by atoms with Crippen LogP contribution in [0.4, 0.5) is 5.95 Å². The Bertz CT molecular complexity index is 654. The van der Waals surface area contributed by atoms with Crippen molar-refractivity contribution in [1.82, 2.24) is 20.2 Å². The monoisotopic (exact) mass is 231 g/mol. The Morgan fingerprint density at radius 2 is 2.25 bits per heavy atom. The van der Waals surface area contributed by atoms with Crippen LogP contribution in [-0.4, -0.2) is 20.2 Å². The highest BCUT2D eigenvalue weighted by Gasteiger charge is 2.09. The normalized spacial score (nSPS) is 11.1. The summed E-state index contributed by atoms with van der Waals surface area (Å²) in [4.78, 5) is 9.29. The van der Waals surface area contributed by atoms with E-state index < -0.39 is 0 Å². The van der Waals surface area contributed by atoms with E-state index in [-0.39, 0.29) is 5.95 Å². The lowest BCUT2D eigenvalue weighted by Crippen LogP contribution is -1.84. The summed E-state index contributed by atoms with van der Waals surface area (Å²) < 4.78 is 1.14. The standard InChI is InChI=1S/C10H9N5S/c1-5-3-12-4-8-6(5)2-7(16-8)9-13-10(11)15-14-9/h2-4H,1H3,(H3,11,13,14,15). The molecule has 6 heteroatoms. The maximum atomic E-state index is 5.48. The van der Waals surface area contributed by atoms with Gasteiger partial charge in [-0.05, 0) is 23.9 Å². The minimum Gasteiger partial charge on any atom is -0.366 e. The molecule has 0 bridgehead atoms. The van der Waals surface area contributed by atoms with Crippen molar-refractivity contribution in [2.24, 2.45) is 0 Å². The van der Waals surface area contributed by atoms with Crippen molar-refractivity contribution < 1.29 is 0 Å². The van der Waals surface area contributed by atoms with Gasteiger partial charge in [-0.15, -0.1) is 16.4 Å². The summed E-state index contributed by atoms with van der Waals surface area (Å²) in [6.07, 6.45) is 3.71. The highest BCUT2D eigenvalue weighted by Crippen LogP contribution is 2.32. The summed E-state index contributed by atoms with van der Waals surface area (Å²) >= 11 is 1.63. The number of aromatic amines is 1. The second-order valence-corrected chi connectivity index (χ2v) is 4.60. The van der Waals surface area contributed by atoms with Crippen molar-refractivity contribution in [3.8, 4) is 10.7 Å². The number of thiophene rings is 1. The van der Waals surface area contributed by atoms with Crippen molar-refractivity contribution >= 4 is 27.4 Å². The van der Waals surface area contributed by atoms with Gasteiger partial charge in [-0.2, -0.15) is 4.98 Å². The van der Waals surface area contributed by atoms with Gasteiger partial charge in [0.25, 0.3) is 0 Å². The number of nitrogen functional groups attached to an aromatic ring is 1. The van der Waals surface area contributed by atoms with E-state index in [0.717, 1.165) is 15.1 Å². The first-order valence-corrected chi connectivity index (χ1v) is 5.58. The number of nitrogens with one attached hydrogen (secondary N) is 1. The topological polar surface area (TPSA) is 80.5 Å². The molecule has 3 rings (SSSR count). The van der Waals surface area contributed by atoms with Crippen LogP contribution < -0.4 is 5.73 Å². The van der Waals surface area contributed by atoms with Crippen LogP contribution in [0, 0.1) is 6.92 Å². The lowest BCUT2D eigenvalue weighted by Gasteiger charge is -1.90. The molecular formula is C10H9N5S. The third-order valence-electron chi connectivity index (χ3n) is 2.38. The number of pyridine rings is 1. The minimum absolute atomic E-state index is 0.266. The van der Waals surface area contributed by atoms with Gasteiger partial charge < -0.3 is 5.73 Å². The number of H-pyrrole nitrogens is 1. The average molecular weight is 231 g/mol. The van der Waals surface area contributed by atoms with Crippen molar-refractivity contribution in [3.05, 3.63) is 24.0 Å². The molecule has 5 nitrogen and oxygen atoms in total. The van der Waals surface area contributed by atoms with Crippen LogP contribution in [-0.2, 0) is 0 Å². The molecule has 80 valence electrons. The quantitative estimate of drug-likeness (QED) is 0.671. The molecule has 0 unspecified atom stereocenters. The molecule has 0 aliphatic rings. The SMILES string of the molecule is Cc1cncc2sc(-c3nc(N)n[nH]3)cc12. The Kier molecular flexibility index (Phi) is 1.90. The maximum absolute atomic E-state index is 5.48. The van der Waals surface area contributed by atoms with E-state index in [1.807, 2.05) is 19.3 Å². The first-order valence-electron chi connectivity index (χ1n) is 4.76. The molecule has 0 aliphatic heterocycles. The van der Waals surface area contributed by atoms with Crippen LogP contribution in [0.5, 0.6) is 0 Å². The van der Waals surface area contributed by atoms with E-state index in [4.69, 9.17) is 5.73 Å². The number of nitrogens with two attached hydrogens (primary N) is 1. The zero-order valence-corrected chi connectivity index (χ0v) is 9.38. The largest absolute Gasteiger partial charge is 0.366 e. The van der Waals surface area contributed by atoms with Crippen molar-refractivity contribution in [2.45, 2.75) is 6.92 Å². The number of hydrogen-bond donors (Lipinski definition) is 2. The fourth-order valence-corrected chi connectivity index (χ4v) is 2.64. The summed E-state index contributed by atoms with van der Waals surface area (Å²) in [6, 6.07) is 2.08. The second kappa shape index (κ2) is 3.28. The fraction of sp³-hybridized carbons (Fsp3) is 0.100. The Morgan fingerprint density at radius 3 is 2.94 bits per heavy atom. The molecular weight excluding hydrogens is 222 g/mol. The third-order valence-corrected chi connectivity index (χ3v) is 3.46. The van der Waals surface area contributed by atoms with Crippen LogP contribution in [0.1, 0.15) is 5.56 Å². The number of fused-ring (bicyclic) bond motifs is 1. The van der Waals surface area contributed by atoms with Crippen LogP contribution in [0.25, 0.3) is 20.8 Å². The molecule has 0 saturated carbocycles. The summed E-state index contributed by atoms with van der Waals surface area (Å²) in [5, 5.41) is 7.82. The number of nitrogens with zero attached hydrogens (tertiary/aromatic N) is 3. The Hall–Kier alpha value is -1.95. The molecule has 0 saturated heterocycles. The number of hydrogen-bond acceptors (Lipinski definition) is 5. The van der Waals surface area contributed by atoms with Crippen molar-refractivity contribution in [2.75, 3.05) is 5.73 Å². The second-order valence-electron chi connectivity index (χ2n) is 3.52. The van der Waals surface area contributed by atoms with Crippen molar-refractivity contribution in [3.63, 3.8) is 0 Å².